The van der Waals surface area contributed by atoms with Gasteiger partial charge in [-0.05, 0) is 43.3 Å². The second-order valence-electron chi connectivity index (χ2n) is 8.00. The van der Waals surface area contributed by atoms with Crippen molar-refractivity contribution in [1.82, 2.24) is 19.7 Å². The maximum Gasteiger partial charge on any atom is 0.233 e. The van der Waals surface area contributed by atoms with Crippen LogP contribution in [0.3, 0.4) is 0 Å². The average molecular weight is 494 g/mol. The Hall–Kier alpha value is -3.23. The predicted molar refractivity (Wildman–Crippen MR) is 135 cm³/mol. The van der Waals surface area contributed by atoms with Crippen molar-refractivity contribution in [3.8, 4) is 17.1 Å². The second-order valence-corrected chi connectivity index (χ2v) is 9.38. The Balaban J connectivity index is 1.28. The fourth-order valence-electron chi connectivity index (χ4n) is 4.07. The number of anilines is 1. The number of aromatic nitrogens is 3. The van der Waals surface area contributed by atoms with E-state index in [1.165, 1.54) is 11.8 Å². The fraction of sp³-hybridized carbons (Fsp3) is 0.240. The van der Waals surface area contributed by atoms with Gasteiger partial charge in [0.2, 0.25) is 5.91 Å². The number of para-hydroxylation sites is 1. The monoisotopic (exact) mass is 493 g/mol. The van der Waals surface area contributed by atoms with E-state index in [1.807, 2.05) is 71.0 Å². The number of rotatable bonds is 6. The van der Waals surface area contributed by atoms with Gasteiger partial charge in [0.05, 0.1) is 17.6 Å². The van der Waals surface area contributed by atoms with E-state index in [0.29, 0.717) is 29.8 Å². The number of piperazine rings is 1. The zero-order chi connectivity index (χ0) is 23.5. The first-order valence-corrected chi connectivity index (χ1v) is 12.4. The molecule has 0 radical (unpaired) electrons. The number of halogens is 1. The third-order valence-electron chi connectivity index (χ3n) is 5.88. The third-order valence-corrected chi connectivity index (χ3v) is 7.03. The summed E-state index contributed by atoms with van der Waals surface area (Å²) >= 11 is 7.53. The molecule has 5 rings (SSSR count). The largest absolute Gasteiger partial charge is 0.469 e. The van der Waals surface area contributed by atoms with Crippen LogP contribution in [-0.2, 0) is 4.79 Å². The second kappa shape index (κ2) is 9.95. The van der Waals surface area contributed by atoms with Crippen molar-refractivity contribution >= 4 is 35.0 Å². The summed E-state index contributed by atoms with van der Waals surface area (Å²) in [4.78, 5) is 17.2. The summed E-state index contributed by atoms with van der Waals surface area (Å²) in [5.74, 6) is 1.86. The minimum Gasteiger partial charge on any atom is -0.469 e. The molecule has 0 atom stereocenters. The van der Waals surface area contributed by atoms with E-state index in [1.54, 1.807) is 6.26 Å². The van der Waals surface area contributed by atoms with Crippen molar-refractivity contribution in [3.05, 3.63) is 77.7 Å². The lowest BCUT2D eigenvalue weighted by Gasteiger charge is -2.36. The van der Waals surface area contributed by atoms with Crippen molar-refractivity contribution in [1.29, 1.82) is 0 Å². The Labute approximate surface area is 207 Å². The van der Waals surface area contributed by atoms with Crippen LogP contribution in [0.15, 0.2) is 76.5 Å². The summed E-state index contributed by atoms with van der Waals surface area (Å²) in [5, 5.41) is 10.2. The lowest BCUT2D eigenvalue weighted by molar-refractivity contribution is -0.128. The van der Waals surface area contributed by atoms with Crippen molar-refractivity contribution in [3.63, 3.8) is 0 Å². The number of benzene rings is 2. The molecule has 9 heteroatoms. The zero-order valence-electron chi connectivity index (χ0n) is 18.7. The predicted octanol–water partition coefficient (Wildman–Crippen LogP) is 4.93. The summed E-state index contributed by atoms with van der Waals surface area (Å²) in [7, 11) is 0. The topological polar surface area (TPSA) is 67.4 Å². The van der Waals surface area contributed by atoms with Crippen LogP contribution in [0.2, 0.25) is 5.02 Å². The van der Waals surface area contributed by atoms with Crippen LogP contribution < -0.4 is 4.90 Å². The maximum absolute atomic E-state index is 13.0. The van der Waals surface area contributed by atoms with Crippen molar-refractivity contribution in [2.75, 3.05) is 36.8 Å². The smallest absolute Gasteiger partial charge is 0.233 e. The Morgan fingerprint density at radius 2 is 1.76 bits per heavy atom. The molecule has 0 spiro atoms. The van der Waals surface area contributed by atoms with Gasteiger partial charge in [0.15, 0.2) is 11.0 Å². The van der Waals surface area contributed by atoms with Crippen LogP contribution in [0.5, 0.6) is 0 Å². The molecular formula is C25H24ClN5O2S. The van der Waals surface area contributed by atoms with E-state index in [-0.39, 0.29) is 5.91 Å². The quantitative estimate of drug-likeness (QED) is 0.355. The number of thioether (sulfide) groups is 1. The number of aryl methyl sites for hydroxylation is 1. The lowest BCUT2D eigenvalue weighted by atomic mass is 10.2. The molecular weight excluding hydrogens is 470 g/mol. The van der Waals surface area contributed by atoms with Crippen LogP contribution in [0.25, 0.3) is 17.1 Å². The van der Waals surface area contributed by atoms with Crippen molar-refractivity contribution in [2.24, 2.45) is 0 Å². The molecule has 34 heavy (non-hydrogen) atoms. The summed E-state index contributed by atoms with van der Waals surface area (Å²) < 4.78 is 7.46. The third kappa shape index (κ3) is 4.69. The number of carbonyl (C=O) groups excluding carboxylic acids is 1. The molecule has 0 saturated carbocycles. The molecule has 2 aromatic carbocycles. The van der Waals surface area contributed by atoms with Crippen LogP contribution in [0.1, 0.15) is 5.76 Å². The molecule has 4 aromatic rings. The highest BCUT2D eigenvalue weighted by Gasteiger charge is 2.24. The average Bonchev–Trinajstić information content (AvgIpc) is 3.48. The van der Waals surface area contributed by atoms with Gasteiger partial charge >= 0.3 is 0 Å². The van der Waals surface area contributed by atoms with E-state index in [4.69, 9.17) is 16.0 Å². The van der Waals surface area contributed by atoms with Crippen molar-refractivity contribution in [2.45, 2.75) is 12.1 Å². The van der Waals surface area contributed by atoms with Crippen LogP contribution in [-0.4, -0.2) is 57.5 Å². The number of amides is 1. The van der Waals surface area contributed by atoms with Gasteiger partial charge in [-0.15, -0.1) is 10.2 Å². The van der Waals surface area contributed by atoms with E-state index in [9.17, 15) is 4.79 Å². The molecule has 1 aliphatic rings. The molecule has 174 valence electrons. The Morgan fingerprint density at radius 3 is 2.47 bits per heavy atom. The van der Waals surface area contributed by atoms with Gasteiger partial charge in [0.25, 0.3) is 0 Å². The molecule has 0 unspecified atom stereocenters. The van der Waals surface area contributed by atoms with Gasteiger partial charge in [-0.25, -0.2) is 0 Å². The first-order valence-electron chi connectivity index (χ1n) is 11.1. The minimum atomic E-state index is 0.0967. The first-order chi connectivity index (χ1) is 16.6. The molecule has 1 aliphatic heterocycles. The van der Waals surface area contributed by atoms with Crippen molar-refractivity contribution < 1.29 is 9.21 Å². The molecule has 0 N–H and O–H groups in total. The minimum absolute atomic E-state index is 0.0967. The van der Waals surface area contributed by atoms with Gasteiger partial charge < -0.3 is 14.2 Å². The van der Waals surface area contributed by atoms with Gasteiger partial charge in [0.1, 0.15) is 5.76 Å². The normalized spacial score (nSPS) is 13.9. The molecule has 1 saturated heterocycles. The van der Waals surface area contributed by atoms with E-state index in [2.05, 4.69) is 21.2 Å². The van der Waals surface area contributed by atoms with E-state index >= 15 is 0 Å². The van der Waals surface area contributed by atoms with Gasteiger partial charge in [-0.1, -0.05) is 47.6 Å². The van der Waals surface area contributed by atoms with Gasteiger partial charge in [0, 0.05) is 42.6 Å². The van der Waals surface area contributed by atoms with Gasteiger partial charge in [-0.2, -0.15) is 0 Å². The molecule has 3 heterocycles. The number of hydrogen-bond donors (Lipinski definition) is 0. The number of nitrogens with zero attached hydrogens (tertiary/aromatic N) is 5. The maximum atomic E-state index is 13.0. The summed E-state index contributed by atoms with van der Waals surface area (Å²) in [6, 6.07) is 19.6. The number of hydrogen-bond acceptors (Lipinski definition) is 6. The van der Waals surface area contributed by atoms with E-state index < -0.39 is 0 Å². The standard InChI is InChI=1S/C25H24ClN5O2S/c1-18-22(10-15-33-18)24-27-28-25(31(24)20-7-3-2-4-8-20)34-17-23(32)30-13-11-29(12-14-30)21-9-5-6-19(26)16-21/h2-10,15-16H,11-14,17H2,1H3. The van der Waals surface area contributed by atoms with Gasteiger partial charge in [-0.3, -0.25) is 9.36 Å². The first kappa shape index (κ1) is 22.6. The van der Waals surface area contributed by atoms with Crippen LogP contribution in [0.4, 0.5) is 5.69 Å². The summed E-state index contributed by atoms with van der Waals surface area (Å²) in [5.41, 5.74) is 2.91. The molecule has 2 aromatic heterocycles. The van der Waals surface area contributed by atoms with Crippen LogP contribution >= 0.6 is 23.4 Å². The SMILES string of the molecule is Cc1occc1-c1nnc(SCC(=O)N2CCN(c3cccc(Cl)c3)CC2)n1-c1ccccc1. The molecule has 1 amide bonds. The Kier molecular flexibility index (Phi) is 6.60. The summed E-state index contributed by atoms with van der Waals surface area (Å²) in [6.45, 7) is 4.81. The lowest BCUT2D eigenvalue weighted by Crippen LogP contribution is -2.49. The van der Waals surface area contributed by atoms with E-state index in [0.717, 1.165) is 40.8 Å². The Bertz CT molecular complexity index is 1280. The van der Waals surface area contributed by atoms with Crippen LogP contribution in [0, 0.1) is 6.92 Å². The molecule has 0 bridgehead atoms. The zero-order valence-corrected chi connectivity index (χ0v) is 20.3. The highest BCUT2D eigenvalue weighted by atomic mass is 35.5. The number of furan rings is 1. The summed E-state index contributed by atoms with van der Waals surface area (Å²) in [6.07, 6.45) is 1.65. The molecule has 1 fully saturated rings. The molecule has 0 aliphatic carbocycles. The molecule has 7 nitrogen and oxygen atoms in total. The highest BCUT2D eigenvalue weighted by Crippen LogP contribution is 2.30. The Morgan fingerprint density at radius 1 is 1.00 bits per heavy atom. The highest BCUT2D eigenvalue weighted by molar-refractivity contribution is 7.99. The fourth-order valence-corrected chi connectivity index (χ4v) is 5.11. The number of carbonyl (C=O) groups is 1.